The average molecular weight is 334 g/mol. The number of carbonyl (C=O) groups is 2. The molecule has 2 N–H and O–H groups in total. The van der Waals surface area contributed by atoms with Gasteiger partial charge in [0.05, 0.1) is 0 Å². The van der Waals surface area contributed by atoms with Crippen molar-refractivity contribution in [3.63, 3.8) is 0 Å². The SMILES string of the molecule is O=C(COCC(=O)Nc1ccc(F)cc1)NCc1ccc(F)cc1. The first kappa shape index (κ1) is 17.6. The maximum atomic E-state index is 12.7. The fourth-order valence-corrected chi connectivity index (χ4v) is 1.82. The van der Waals surface area contributed by atoms with Gasteiger partial charge in [-0.1, -0.05) is 12.1 Å². The van der Waals surface area contributed by atoms with Crippen LogP contribution in [0.5, 0.6) is 0 Å². The van der Waals surface area contributed by atoms with Gasteiger partial charge in [-0.05, 0) is 42.0 Å². The summed E-state index contributed by atoms with van der Waals surface area (Å²) in [7, 11) is 0. The lowest BCUT2D eigenvalue weighted by molar-refractivity contribution is -0.128. The largest absolute Gasteiger partial charge is 0.362 e. The molecule has 7 heteroatoms. The van der Waals surface area contributed by atoms with E-state index in [1.165, 1.54) is 36.4 Å². The predicted octanol–water partition coefficient (Wildman–Crippen LogP) is 2.24. The highest BCUT2D eigenvalue weighted by Crippen LogP contribution is 2.07. The molecule has 0 aliphatic heterocycles. The summed E-state index contributed by atoms with van der Waals surface area (Å²) in [6.45, 7) is -0.344. The smallest absolute Gasteiger partial charge is 0.250 e. The number of nitrogens with one attached hydrogen (secondary N) is 2. The van der Waals surface area contributed by atoms with Crippen molar-refractivity contribution in [2.75, 3.05) is 18.5 Å². The molecule has 2 aromatic rings. The third-order valence-corrected chi connectivity index (χ3v) is 3.00. The van der Waals surface area contributed by atoms with Crippen LogP contribution in [0.25, 0.3) is 0 Å². The Bertz CT molecular complexity index is 688. The van der Waals surface area contributed by atoms with Crippen LogP contribution in [-0.2, 0) is 20.9 Å². The number of carbonyl (C=O) groups excluding carboxylic acids is 2. The molecule has 0 spiro atoms. The monoisotopic (exact) mass is 334 g/mol. The molecule has 0 saturated heterocycles. The van der Waals surface area contributed by atoms with Crippen LogP contribution in [0, 0.1) is 11.6 Å². The Morgan fingerprint density at radius 1 is 0.833 bits per heavy atom. The van der Waals surface area contributed by atoms with Gasteiger partial charge in [-0.2, -0.15) is 0 Å². The van der Waals surface area contributed by atoms with Crippen LogP contribution in [0.4, 0.5) is 14.5 Å². The number of rotatable bonds is 7. The van der Waals surface area contributed by atoms with E-state index in [1.54, 1.807) is 12.1 Å². The molecule has 0 heterocycles. The minimum atomic E-state index is -0.451. The number of amides is 2. The van der Waals surface area contributed by atoms with Gasteiger partial charge >= 0.3 is 0 Å². The van der Waals surface area contributed by atoms with E-state index in [4.69, 9.17) is 4.74 Å². The zero-order valence-electron chi connectivity index (χ0n) is 12.7. The summed E-state index contributed by atoms with van der Waals surface area (Å²) < 4.78 is 30.5. The molecule has 0 aliphatic rings. The first-order chi connectivity index (χ1) is 11.5. The Morgan fingerprint density at radius 2 is 1.38 bits per heavy atom. The number of anilines is 1. The molecule has 0 aliphatic carbocycles. The quantitative estimate of drug-likeness (QED) is 0.816. The van der Waals surface area contributed by atoms with E-state index in [1.807, 2.05) is 0 Å². The summed E-state index contributed by atoms with van der Waals surface area (Å²) in [6, 6.07) is 11.0. The topological polar surface area (TPSA) is 67.4 Å². The molecule has 2 aromatic carbocycles. The molecule has 5 nitrogen and oxygen atoms in total. The van der Waals surface area contributed by atoms with Crippen LogP contribution in [-0.4, -0.2) is 25.0 Å². The van der Waals surface area contributed by atoms with E-state index in [-0.39, 0.29) is 25.6 Å². The Hall–Kier alpha value is -2.80. The molecule has 0 aromatic heterocycles. The van der Waals surface area contributed by atoms with Crippen LogP contribution >= 0.6 is 0 Å². The second kappa shape index (κ2) is 8.73. The standard InChI is InChI=1S/C17H16F2N2O3/c18-13-3-1-12(2-4-13)9-20-16(22)10-24-11-17(23)21-15-7-5-14(19)6-8-15/h1-8H,9-11H2,(H,20,22)(H,21,23). The van der Waals surface area contributed by atoms with Gasteiger partial charge in [-0.3, -0.25) is 9.59 Å². The minimum absolute atomic E-state index is 0.240. The second-order valence-electron chi connectivity index (χ2n) is 4.95. The van der Waals surface area contributed by atoms with Crippen molar-refractivity contribution in [3.8, 4) is 0 Å². The van der Waals surface area contributed by atoms with Crippen molar-refractivity contribution < 1.29 is 23.1 Å². The van der Waals surface area contributed by atoms with Gasteiger partial charge in [0, 0.05) is 12.2 Å². The molecular weight excluding hydrogens is 318 g/mol. The van der Waals surface area contributed by atoms with Gasteiger partial charge in [-0.25, -0.2) is 8.78 Å². The van der Waals surface area contributed by atoms with Crippen LogP contribution < -0.4 is 10.6 Å². The van der Waals surface area contributed by atoms with Crippen molar-refractivity contribution in [2.24, 2.45) is 0 Å². The van der Waals surface area contributed by atoms with E-state index >= 15 is 0 Å². The fraction of sp³-hybridized carbons (Fsp3) is 0.176. The van der Waals surface area contributed by atoms with Crippen LogP contribution in [0.2, 0.25) is 0 Å². The first-order valence-corrected chi connectivity index (χ1v) is 7.17. The van der Waals surface area contributed by atoms with Crippen molar-refractivity contribution in [2.45, 2.75) is 6.54 Å². The third kappa shape index (κ3) is 6.13. The molecule has 0 saturated carbocycles. The van der Waals surface area contributed by atoms with E-state index < -0.39 is 17.6 Å². The lowest BCUT2D eigenvalue weighted by Crippen LogP contribution is -2.29. The van der Waals surface area contributed by atoms with Crippen LogP contribution in [0.1, 0.15) is 5.56 Å². The van der Waals surface area contributed by atoms with Crippen molar-refractivity contribution >= 4 is 17.5 Å². The predicted molar refractivity (Wildman–Crippen MR) is 84.1 cm³/mol. The summed E-state index contributed by atoms with van der Waals surface area (Å²) in [4.78, 5) is 23.2. The summed E-state index contributed by atoms with van der Waals surface area (Å²) in [5.41, 5.74) is 1.18. The highest BCUT2D eigenvalue weighted by Gasteiger charge is 2.06. The Kier molecular flexibility index (Phi) is 6.39. The molecular formula is C17H16F2N2O3. The molecule has 126 valence electrons. The molecule has 2 rings (SSSR count). The van der Waals surface area contributed by atoms with Gasteiger partial charge < -0.3 is 15.4 Å². The number of ether oxygens (including phenoxy) is 1. The third-order valence-electron chi connectivity index (χ3n) is 3.00. The molecule has 2 amide bonds. The van der Waals surface area contributed by atoms with Gasteiger partial charge in [0.1, 0.15) is 24.8 Å². The summed E-state index contributed by atoms with van der Waals surface area (Å²) >= 11 is 0. The zero-order chi connectivity index (χ0) is 17.4. The number of halogens is 2. The number of benzene rings is 2. The molecule has 0 radical (unpaired) electrons. The number of hydrogen-bond acceptors (Lipinski definition) is 3. The molecule has 0 atom stereocenters. The summed E-state index contributed by atoms with van der Waals surface area (Å²) in [5.74, 6) is -1.59. The highest BCUT2D eigenvalue weighted by atomic mass is 19.1. The van der Waals surface area contributed by atoms with Crippen molar-refractivity contribution in [1.29, 1.82) is 0 Å². The van der Waals surface area contributed by atoms with Crippen molar-refractivity contribution in [1.82, 2.24) is 5.32 Å². The molecule has 0 fully saturated rings. The molecule has 24 heavy (non-hydrogen) atoms. The van der Waals surface area contributed by atoms with Gasteiger partial charge in [-0.15, -0.1) is 0 Å². The van der Waals surface area contributed by atoms with Crippen molar-refractivity contribution in [3.05, 3.63) is 65.7 Å². The lowest BCUT2D eigenvalue weighted by Gasteiger charge is -2.07. The maximum Gasteiger partial charge on any atom is 0.250 e. The van der Waals surface area contributed by atoms with Crippen LogP contribution in [0.3, 0.4) is 0 Å². The molecule has 0 bridgehead atoms. The summed E-state index contributed by atoms with van der Waals surface area (Å²) in [5, 5.41) is 5.10. The van der Waals surface area contributed by atoms with E-state index in [0.717, 1.165) is 5.56 Å². The minimum Gasteiger partial charge on any atom is -0.362 e. The van der Waals surface area contributed by atoms with Gasteiger partial charge in [0.2, 0.25) is 11.8 Å². The average Bonchev–Trinajstić information content (AvgIpc) is 2.56. The Balaban J connectivity index is 1.63. The Labute approximate surface area is 137 Å². The zero-order valence-corrected chi connectivity index (χ0v) is 12.7. The maximum absolute atomic E-state index is 12.7. The van der Waals surface area contributed by atoms with Gasteiger partial charge in [0.15, 0.2) is 0 Å². The Morgan fingerprint density at radius 3 is 2.00 bits per heavy atom. The van der Waals surface area contributed by atoms with Gasteiger partial charge in [0.25, 0.3) is 0 Å². The lowest BCUT2D eigenvalue weighted by atomic mass is 10.2. The normalized spacial score (nSPS) is 10.2. The van der Waals surface area contributed by atoms with E-state index in [0.29, 0.717) is 5.69 Å². The van der Waals surface area contributed by atoms with Crippen LogP contribution in [0.15, 0.2) is 48.5 Å². The van der Waals surface area contributed by atoms with E-state index in [2.05, 4.69) is 10.6 Å². The fourth-order valence-electron chi connectivity index (χ4n) is 1.82. The second-order valence-corrected chi connectivity index (χ2v) is 4.95. The first-order valence-electron chi connectivity index (χ1n) is 7.17. The summed E-state index contributed by atoms with van der Waals surface area (Å²) in [6.07, 6.45) is 0. The number of hydrogen-bond donors (Lipinski definition) is 2. The highest BCUT2D eigenvalue weighted by molar-refractivity contribution is 5.91. The molecule has 0 unspecified atom stereocenters. The van der Waals surface area contributed by atoms with E-state index in [9.17, 15) is 18.4 Å².